The summed E-state index contributed by atoms with van der Waals surface area (Å²) < 4.78 is 10.2. The molecule has 0 aliphatic carbocycles. The zero-order chi connectivity index (χ0) is 17.2. The fraction of sp³-hybridized carbons (Fsp3) is 0.950. The van der Waals surface area contributed by atoms with Crippen LogP contribution in [-0.2, 0) is 14.3 Å². The van der Waals surface area contributed by atoms with Crippen molar-refractivity contribution >= 4 is 5.97 Å². The van der Waals surface area contributed by atoms with E-state index >= 15 is 0 Å². The zero-order valence-electron chi connectivity index (χ0n) is 15.9. The predicted octanol–water partition coefficient (Wildman–Crippen LogP) is 6.05. The largest absolute Gasteiger partial charge is 0.469 e. The third-order valence-electron chi connectivity index (χ3n) is 4.60. The third kappa shape index (κ3) is 16.1. The lowest BCUT2D eigenvalue weighted by atomic mass is 10.0. The van der Waals surface area contributed by atoms with Crippen LogP contribution in [0.2, 0.25) is 0 Å². The molecular weight excluding hydrogens is 288 g/mol. The summed E-state index contributed by atoms with van der Waals surface area (Å²) in [7, 11) is 3.32. The first-order valence-electron chi connectivity index (χ1n) is 9.84. The molecule has 0 aliphatic heterocycles. The van der Waals surface area contributed by atoms with Gasteiger partial charge in [-0.25, -0.2) is 0 Å². The van der Waals surface area contributed by atoms with Crippen LogP contribution in [0.25, 0.3) is 0 Å². The van der Waals surface area contributed by atoms with Gasteiger partial charge in [0.2, 0.25) is 0 Å². The first kappa shape index (κ1) is 22.4. The van der Waals surface area contributed by atoms with Crippen molar-refractivity contribution in [3.05, 3.63) is 0 Å². The lowest BCUT2D eigenvalue weighted by molar-refractivity contribution is -0.140. The average Bonchev–Trinajstić information content (AvgIpc) is 2.57. The quantitative estimate of drug-likeness (QED) is 0.241. The second kappa shape index (κ2) is 17.8. The summed E-state index contributed by atoms with van der Waals surface area (Å²) in [5, 5.41) is 0. The molecule has 0 rings (SSSR count). The highest BCUT2D eigenvalue weighted by atomic mass is 16.5. The van der Waals surface area contributed by atoms with Gasteiger partial charge >= 0.3 is 5.97 Å². The number of esters is 1. The molecule has 1 atom stereocenters. The molecule has 0 aromatic rings. The number of unbranched alkanes of at least 4 members (excludes halogenated alkanes) is 10. The fourth-order valence-electron chi connectivity index (χ4n) is 2.98. The van der Waals surface area contributed by atoms with Gasteiger partial charge < -0.3 is 9.47 Å². The van der Waals surface area contributed by atoms with Crippen molar-refractivity contribution in [1.82, 2.24) is 0 Å². The van der Waals surface area contributed by atoms with Crippen LogP contribution in [0.1, 0.15) is 103 Å². The summed E-state index contributed by atoms with van der Waals surface area (Å²) >= 11 is 0. The van der Waals surface area contributed by atoms with Crippen LogP contribution in [0.4, 0.5) is 0 Å². The molecule has 3 nitrogen and oxygen atoms in total. The van der Waals surface area contributed by atoms with Crippen molar-refractivity contribution in [1.29, 1.82) is 0 Å². The summed E-state index contributed by atoms with van der Waals surface area (Å²) in [6, 6.07) is 0. The van der Waals surface area contributed by atoms with E-state index < -0.39 is 0 Å². The van der Waals surface area contributed by atoms with Gasteiger partial charge in [0.1, 0.15) is 0 Å². The molecule has 0 heterocycles. The normalized spacial score (nSPS) is 12.3. The Labute approximate surface area is 144 Å². The minimum atomic E-state index is -0.0765. The number of methoxy groups -OCH3 is 2. The summed E-state index contributed by atoms with van der Waals surface area (Å²) in [6.45, 7) is 2.26. The Hall–Kier alpha value is -0.570. The van der Waals surface area contributed by atoms with Gasteiger partial charge in [-0.05, 0) is 19.3 Å². The van der Waals surface area contributed by atoms with Crippen molar-refractivity contribution in [2.24, 2.45) is 0 Å². The number of hydrogen-bond donors (Lipinski definition) is 0. The van der Waals surface area contributed by atoms with E-state index in [4.69, 9.17) is 4.74 Å². The zero-order valence-corrected chi connectivity index (χ0v) is 15.9. The van der Waals surface area contributed by atoms with Gasteiger partial charge in [0.05, 0.1) is 13.2 Å². The molecule has 0 saturated heterocycles. The molecule has 0 amide bonds. The molecular formula is C20H40O3. The maximum atomic E-state index is 11.0. The molecule has 23 heavy (non-hydrogen) atoms. The molecule has 138 valence electrons. The third-order valence-corrected chi connectivity index (χ3v) is 4.60. The smallest absolute Gasteiger partial charge is 0.305 e. The van der Waals surface area contributed by atoms with E-state index in [0.717, 1.165) is 12.8 Å². The number of ether oxygens (including phenoxy) is 2. The summed E-state index contributed by atoms with van der Waals surface area (Å²) in [5.74, 6) is -0.0765. The van der Waals surface area contributed by atoms with Crippen LogP contribution < -0.4 is 0 Å². The van der Waals surface area contributed by atoms with Crippen molar-refractivity contribution in [3.63, 3.8) is 0 Å². The van der Waals surface area contributed by atoms with Gasteiger partial charge in [0.15, 0.2) is 0 Å². The average molecular weight is 329 g/mol. The van der Waals surface area contributed by atoms with Gasteiger partial charge in [-0.1, -0.05) is 77.6 Å². The van der Waals surface area contributed by atoms with E-state index in [0.29, 0.717) is 12.5 Å². The molecule has 0 N–H and O–H groups in total. The molecule has 0 radical (unpaired) electrons. The van der Waals surface area contributed by atoms with Crippen LogP contribution in [0.5, 0.6) is 0 Å². The first-order valence-corrected chi connectivity index (χ1v) is 9.84. The van der Waals surface area contributed by atoms with E-state index in [1.807, 2.05) is 7.11 Å². The van der Waals surface area contributed by atoms with E-state index in [1.54, 1.807) is 0 Å². The monoisotopic (exact) mass is 328 g/mol. The predicted molar refractivity (Wildman–Crippen MR) is 97.7 cm³/mol. The second-order valence-corrected chi connectivity index (χ2v) is 6.65. The van der Waals surface area contributed by atoms with Crippen molar-refractivity contribution in [3.8, 4) is 0 Å². The van der Waals surface area contributed by atoms with Crippen LogP contribution >= 0.6 is 0 Å². The summed E-state index contributed by atoms with van der Waals surface area (Å²) in [4.78, 5) is 11.0. The highest BCUT2D eigenvalue weighted by Gasteiger charge is 2.06. The maximum Gasteiger partial charge on any atom is 0.305 e. The van der Waals surface area contributed by atoms with Gasteiger partial charge in [-0.3, -0.25) is 4.79 Å². The Kier molecular flexibility index (Phi) is 17.3. The van der Waals surface area contributed by atoms with Gasteiger partial charge in [-0.15, -0.1) is 0 Å². The number of hydrogen-bond acceptors (Lipinski definition) is 3. The van der Waals surface area contributed by atoms with Gasteiger partial charge in [0, 0.05) is 13.5 Å². The maximum absolute atomic E-state index is 11.0. The Bertz CT molecular complexity index is 253. The lowest BCUT2D eigenvalue weighted by Gasteiger charge is -2.15. The van der Waals surface area contributed by atoms with E-state index in [-0.39, 0.29) is 5.97 Å². The molecule has 0 aromatic carbocycles. The highest BCUT2D eigenvalue weighted by molar-refractivity contribution is 5.68. The Morgan fingerprint density at radius 3 is 1.70 bits per heavy atom. The molecule has 1 unspecified atom stereocenters. The summed E-state index contributed by atoms with van der Waals surface area (Å²) in [5.41, 5.74) is 0. The number of rotatable bonds is 17. The van der Waals surface area contributed by atoms with Crippen molar-refractivity contribution in [2.45, 2.75) is 109 Å². The van der Waals surface area contributed by atoms with Crippen molar-refractivity contribution in [2.75, 3.05) is 14.2 Å². The van der Waals surface area contributed by atoms with E-state index in [1.165, 1.54) is 84.2 Å². The summed E-state index contributed by atoms with van der Waals surface area (Å²) in [6.07, 6.45) is 18.8. The minimum absolute atomic E-state index is 0.0765. The minimum Gasteiger partial charge on any atom is -0.469 e. The molecule has 0 saturated carbocycles. The van der Waals surface area contributed by atoms with Crippen LogP contribution in [0.15, 0.2) is 0 Å². The van der Waals surface area contributed by atoms with E-state index in [9.17, 15) is 4.79 Å². The lowest BCUT2D eigenvalue weighted by Crippen LogP contribution is -2.10. The first-order chi connectivity index (χ1) is 11.2. The Morgan fingerprint density at radius 1 is 0.739 bits per heavy atom. The Morgan fingerprint density at radius 2 is 1.22 bits per heavy atom. The molecule has 3 heteroatoms. The second-order valence-electron chi connectivity index (χ2n) is 6.65. The highest BCUT2D eigenvalue weighted by Crippen LogP contribution is 2.16. The van der Waals surface area contributed by atoms with Crippen LogP contribution in [-0.4, -0.2) is 26.3 Å². The SMILES string of the molecule is CCCCCCC(CCCCCCCCCCC(=O)OC)OC. The molecule has 0 aromatic heterocycles. The number of carbonyl (C=O) groups is 1. The number of carbonyl (C=O) groups excluding carboxylic acids is 1. The molecule has 0 fully saturated rings. The van der Waals surface area contributed by atoms with Crippen molar-refractivity contribution < 1.29 is 14.3 Å². The van der Waals surface area contributed by atoms with Crippen LogP contribution in [0, 0.1) is 0 Å². The Balaban J connectivity index is 3.28. The standard InChI is InChI=1S/C20H40O3/c1-4-5-6-13-16-19(22-2)17-14-11-9-7-8-10-12-15-18-20(21)23-3/h19H,4-18H2,1-3H3. The van der Waals surface area contributed by atoms with E-state index in [2.05, 4.69) is 11.7 Å². The van der Waals surface area contributed by atoms with Crippen LogP contribution in [0.3, 0.4) is 0 Å². The molecule has 0 aliphatic rings. The molecule has 0 spiro atoms. The fourth-order valence-corrected chi connectivity index (χ4v) is 2.98. The van der Waals surface area contributed by atoms with Gasteiger partial charge in [-0.2, -0.15) is 0 Å². The topological polar surface area (TPSA) is 35.5 Å². The molecule has 0 bridgehead atoms. The van der Waals surface area contributed by atoms with Gasteiger partial charge in [0.25, 0.3) is 0 Å².